The molecular formula is C18H29N3O4S. The van der Waals surface area contributed by atoms with Crippen LogP contribution in [-0.4, -0.2) is 52.2 Å². The molecule has 1 aromatic heterocycles. The number of aromatic amines is 1. The van der Waals surface area contributed by atoms with Gasteiger partial charge in [0.05, 0.1) is 18.1 Å². The molecule has 1 fully saturated rings. The largest absolute Gasteiger partial charge is 0.461 e. The molecule has 1 amide bonds. The Morgan fingerprint density at radius 2 is 2.04 bits per heavy atom. The standard InChI is InChI=1S/C18H29N3O4S/c1-5-24-16(22)13-11-19-15(20-13)14(26)10-12-6-8-21(9-7-12)17(23)25-18(2,3)4/h11-12,14,26H,5-10H2,1-4H3,(H,19,20). The number of amides is 1. The summed E-state index contributed by atoms with van der Waals surface area (Å²) < 4.78 is 10.4. The Kier molecular flexibility index (Phi) is 6.97. The smallest absolute Gasteiger partial charge is 0.410 e. The average molecular weight is 384 g/mol. The zero-order valence-electron chi connectivity index (χ0n) is 15.9. The minimum atomic E-state index is -0.472. The molecule has 1 unspecified atom stereocenters. The van der Waals surface area contributed by atoms with Crippen molar-refractivity contribution < 1.29 is 19.1 Å². The summed E-state index contributed by atoms with van der Waals surface area (Å²) in [5, 5.41) is -0.0868. The summed E-state index contributed by atoms with van der Waals surface area (Å²) in [6.07, 6.45) is 3.88. The van der Waals surface area contributed by atoms with Crippen molar-refractivity contribution >= 4 is 24.7 Å². The predicted octanol–water partition coefficient (Wildman–Crippen LogP) is 3.59. The topological polar surface area (TPSA) is 84.5 Å². The van der Waals surface area contributed by atoms with Crippen LogP contribution in [0.25, 0.3) is 0 Å². The Bertz CT molecular complexity index is 618. The predicted molar refractivity (Wildman–Crippen MR) is 101 cm³/mol. The highest BCUT2D eigenvalue weighted by Crippen LogP contribution is 2.31. The second-order valence-electron chi connectivity index (χ2n) is 7.56. The molecule has 0 spiro atoms. The highest BCUT2D eigenvalue weighted by Gasteiger charge is 2.28. The first-order chi connectivity index (χ1) is 12.2. The summed E-state index contributed by atoms with van der Waals surface area (Å²) in [5.41, 5.74) is -0.124. The number of hydrogen-bond acceptors (Lipinski definition) is 6. The van der Waals surface area contributed by atoms with E-state index in [9.17, 15) is 9.59 Å². The van der Waals surface area contributed by atoms with Crippen molar-refractivity contribution in [1.29, 1.82) is 0 Å². The van der Waals surface area contributed by atoms with Gasteiger partial charge in [0, 0.05) is 13.1 Å². The molecule has 1 saturated heterocycles. The number of nitrogens with zero attached hydrogens (tertiary/aromatic N) is 2. The van der Waals surface area contributed by atoms with E-state index >= 15 is 0 Å². The number of esters is 1. The molecule has 8 heteroatoms. The van der Waals surface area contributed by atoms with Gasteiger partial charge in [0.15, 0.2) is 0 Å². The minimum absolute atomic E-state index is 0.0868. The lowest BCUT2D eigenvalue weighted by molar-refractivity contribution is 0.0181. The van der Waals surface area contributed by atoms with Crippen LogP contribution >= 0.6 is 12.6 Å². The molecule has 1 aliphatic rings. The van der Waals surface area contributed by atoms with Crippen LogP contribution in [0.4, 0.5) is 4.79 Å². The molecule has 26 heavy (non-hydrogen) atoms. The maximum atomic E-state index is 12.1. The Morgan fingerprint density at radius 1 is 1.38 bits per heavy atom. The molecule has 2 rings (SSSR count). The average Bonchev–Trinajstić information content (AvgIpc) is 3.04. The monoisotopic (exact) mass is 383 g/mol. The molecule has 0 aromatic carbocycles. The minimum Gasteiger partial charge on any atom is -0.461 e. The highest BCUT2D eigenvalue weighted by molar-refractivity contribution is 7.80. The zero-order chi connectivity index (χ0) is 19.3. The highest BCUT2D eigenvalue weighted by atomic mass is 32.1. The fourth-order valence-electron chi connectivity index (χ4n) is 2.92. The molecule has 0 saturated carbocycles. The lowest BCUT2D eigenvalue weighted by Crippen LogP contribution is -2.41. The molecule has 1 N–H and O–H groups in total. The number of hydrogen-bond donors (Lipinski definition) is 2. The van der Waals surface area contributed by atoms with Gasteiger partial charge in [-0.15, -0.1) is 0 Å². The van der Waals surface area contributed by atoms with Crippen LogP contribution in [0.3, 0.4) is 0 Å². The molecule has 7 nitrogen and oxygen atoms in total. The Labute approximate surface area is 160 Å². The van der Waals surface area contributed by atoms with Gasteiger partial charge < -0.3 is 19.4 Å². The van der Waals surface area contributed by atoms with Crippen molar-refractivity contribution in [2.75, 3.05) is 19.7 Å². The van der Waals surface area contributed by atoms with Crippen molar-refractivity contribution in [2.24, 2.45) is 5.92 Å². The van der Waals surface area contributed by atoms with Gasteiger partial charge in [-0.05, 0) is 52.9 Å². The lowest BCUT2D eigenvalue weighted by atomic mass is 9.92. The number of carbonyl (C=O) groups excluding carboxylic acids is 2. The van der Waals surface area contributed by atoms with E-state index in [4.69, 9.17) is 9.47 Å². The maximum absolute atomic E-state index is 12.1. The van der Waals surface area contributed by atoms with E-state index in [2.05, 4.69) is 22.6 Å². The SMILES string of the molecule is CCOC(=O)c1cnc(C(S)CC2CCN(C(=O)OC(C)(C)C)CC2)[nH]1. The quantitative estimate of drug-likeness (QED) is 0.599. The van der Waals surface area contributed by atoms with Crippen LogP contribution in [0, 0.1) is 5.92 Å². The molecule has 1 atom stereocenters. The van der Waals surface area contributed by atoms with E-state index in [0.29, 0.717) is 37.1 Å². The number of likely N-dealkylation sites (tertiary alicyclic amines) is 1. The Balaban J connectivity index is 1.82. The number of rotatable bonds is 5. The fraction of sp³-hybridized carbons (Fsp3) is 0.722. The molecule has 0 aliphatic carbocycles. The summed E-state index contributed by atoms with van der Waals surface area (Å²) in [6.45, 7) is 9.08. The van der Waals surface area contributed by atoms with Crippen molar-refractivity contribution in [1.82, 2.24) is 14.9 Å². The Hall–Kier alpha value is -1.70. The van der Waals surface area contributed by atoms with E-state index in [1.54, 1.807) is 11.8 Å². The first-order valence-electron chi connectivity index (χ1n) is 9.07. The maximum Gasteiger partial charge on any atom is 0.410 e. The number of carbonyl (C=O) groups is 2. The van der Waals surface area contributed by atoms with E-state index in [1.807, 2.05) is 20.8 Å². The Morgan fingerprint density at radius 3 is 2.62 bits per heavy atom. The summed E-state index contributed by atoms with van der Waals surface area (Å²) in [6, 6.07) is 0. The fourth-order valence-corrected chi connectivity index (χ4v) is 3.35. The number of imidazole rings is 1. The number of piperidine rings is 1. The van der Waals surface area contributed by atoms with Crippen LogP contribution in [0.5, 0.6) is 0 Å². The van der Waals surface area contributed by atoms with Gasteiger partial charge in [-0.1, -0.05) is 0 Å². The van der Waals surface area contributed by atoms with E-state index < -0.39 is 11.6 Å². The molecule has 146 valence electrons. The van der Waals surface area contributed by atoms with Gasteiger partial charge in [-0.2, -0.15) is 12.6 Å². The zero-order valence-corrected chi connectivity index (χ0v) is 16.8. The number of thiol groups is 1. The van der Waals surface area contributed by atoms with Gasteiger partial charge in [0.25, 0.3) is 0 Å². The van der Waals surface area contributed by atoms with E-state index in [-0.39, 0.29) is 11.3 Å². The van der Waals surface area contributed by atoms with E-state index in [1.165, 1.54) is 6.20 Å². The number of nitrogens with one attached hydrogen (secondary N) is 1. The van der Waals surface area contributed by atoms with E-state index in [0.717, 1.165) is 19.3 Å². The van der Waals surface area contributed by atoms with Crippen molar-refractivity contribution in [3.05, 3.63) is 17.7 Å². The van der Waals surface area contributed by atoms with Crippen molar-refractivity contribution in [3.63, 3.8) is 0 Å². The van der Waals surface area contributed by atoms with Gasteiger partial charge in [-0.3, -0.25) is 0 Å². The molecule has 1 aliphatic heterocycles. The first-order valence-corrected chi connectivity index (χ1v) is 9.59. The third kappa shape index (κ3) is 5.93. The summed E-state index contributed by atoms with van der Waals surface area (Å²) >= 11 is 4.63. The molecule has 2 heterocycles. The van der Waals surface area contributed by atoms with Crippen LogP contribution in [0.15, 0.2) is 6.20 Å². The third-order valence-corrected chi connectivity index (χ3v) is 4.68. The van der Waals surface area contributed by atoms with Gasteiger partial charge in [0.2, 0.25) is 0 Å². The third-order valence-electron chi connectivity index (χ3n) is 4.23. The second-order valence-corrected chi connectivity index (χ2v) is 8.19. The normalized spacial score (nSPS) is 17.0. The van der Waals surface area contributed by atoms with Gasteiger partial charge >= 0.3 is 12.1 Å². The summed E-state index contributed by atoms with van der Waals surface area (Å²) in [7, 11) is 0. The summed E-state index contributed by atoms with van der Waals surface area (Å²) in [4.78, 5) is 32.8. The van der Waals surface area contributed by atoms with Gasteiger partial charge in [0.1, 0.15) is 17.1 Å². The summed E-state index contributed by atoms with van der Waals surface area (Å²) in [5.74, 6) is 0.718. The van der Waals surface area contributed by atoms with Crippen LogP contribution in [-0.2, 0) is 9.47 Å². The molecular weight excluding hydrogens is 354 g/mol. The van der Waals surface area contributed by atoms with Crippen LogP contribution in [0.2, 0.25) is 0 Å². The number of ether oxygens (including phenoxy) is 2. The van der Waals surface area contributed by atoms with Crippen LogP contribution in [0.1, 0.15) is 68.5 Å². The lowest BCUT2D eigenvalue weighted by Gasteiger charge is -2.34. The van der Waals surface area contributed by atoms with Crippen LogP contribution < -0.4 is 0 Å². The van der Waals surface area contributed by atoms with Gasteiger partial charge in [-0.25, -0.2) is 14.6 Å². The molecule has 0 bridgehead atoms. The number of aromatic nitrogens is 2. The molecule has 0 radical (unpaired) electrons. The van der Waals surface area contributed by atoms with Crippen molar-refractivity contribution in [3.8, 4) is 0 Å². The first kappa shape index (κ1) is 20.6. The number of H-pyrrole nitrogens is 1. The van der Waals surface area contributed by atoms with Crippen molar-refractivity contribution in [2.45, 2.75) is 57.8 Å². The molecule has 1 aromatic rings. The second kappa shape index (κ2) is 8.79.